The van der Waals surface area contributed by atoms with Crippen LogP contribution < -0.4 is 0 Å². The van der Waals surface area contributed by atoms with Gasteiger partial charge in [-0.1, -0.05) is 11.6 Å². The molecule has 0 fully saturated rings. The van der Waals surface area contributed by atoms with Crippen molar-refractivity contribution in [2.45, 2.75) is 17.7 Å². The number of sulfone groups is 1. The van der Waals surface area contributed by atoms with Crippen molar-refractivity contribution >= 4 is 38.3 Å². The van der Waals surface area contributed by atoms with Gasteiger partial charge in [-0.05, 0) is 23.7 Å². The van der Waals surface area contributed by atoms with E-state index in [1.54, 1.807) is 0 Å². The molecular formula is C11H9Cl2F3O4S. The molecule has 21 heavy (non-hydrogen) atoms. The van der Waals surface area contributed by atoms with E-state index in [2.05, 4.69) is 4.74 Å². The molecule has 0 atom stereocenters. The number of carbonyl (C=O) groups is 1. The van der Waals surface area contributed by atoms with E-state index in [-0.39, 0.29) is 21.0 Å². The molecule has 0 bridgehead atoms. The Bertz CT molecular complexity index is 656. The standard InChI is InChI=1S/C11H9Cl2F3O4S/c1-21(18,19)8-3-2-6(10(13)17)9(12)7(8)4-20-5-11(14,15)16/h2-3H,4-5H2,1H3. The number of hydrogen-bond donors (Lipinski definition) is 0. The van der Waals surface area contributed by atoms with Gasteiger partial charge in [0, 0.05) is 11.8 Å². The fourth-order valence-electron chi connectivity index (χ4n) is 1.51. The molecular weight excluding hydrogens is 356 g/mol. The Morgan fingerprint density at radius 3 is 2.33 bits per heavy atom. The minimum Gasteiger partial charge on any atom is -0.367 e. The lowest BCUT2D eigenvalue weighted by atomic mass is 10.1. The maximum Gasteiger partial charge on any atom is 0.411 e. The number of ether oxygens (including phenoxy) is 1. The summed E-state index contributed by atoms with van der Waals surface area (Å²) in [5.41, 5.74) is -0.453. The van der Waals surface area contributed by atoms with E-state index >= 15 is 0 Å². The van der Waals surface area contributed by atoms with Gasteiger partial charge in [0.15, 0.2) is 9.84 Å². The zero-order valence-electron chi connectivity index (χ0n) is 10.5. The van der Waals surface area contributed by atoms with Gasteiger partial charge in [0.2, 0.25) is 0 Å². The average molecular weight is 365 g/mol. The SMILES string of the molecule is CS(=O)(=O)c1ccc(C(=O)Cl)c(Cl)c1COCC(F)(F)F. The van der Waals surface area contributed by atoms with Gasteiger partial charge in [0.05, 0.1) is 22.1 Å². The smallest absolute Gasteiger partial charge is 0.367 e. The summed E-state index contributed by atoms with van der Waals surface area (Å²) >= 11 is 11.1. The van der Waals surface area contributed by atoms with Gasteiger partial charge < -0.3 is 4.74 Å². The van der Waals surface area contributed by atoms with E-state index in [0.29, 0.717) is 0 Å². The molecule has 118 valence electrons. The first-order valence-electron chi connectivity index (χ1n) is 5.29. The largest absolute Gasteiger partial charge is 0.411 e. The Balaban J connectivity index is 3.24. The van der Waals surface area contributed by atoms with Crippen molar-refractivity contribution in [2.24, 2.45) is 0 Å². The second-order valence-corrected chi connectivity index (χ2v) is 6.76. The molecule has 0 aromatic heterocycles. The van der Waals surface area contributed by atoms with E-state index in [1.807, 2.05) is 0 Å². The molecule has 0 aliphatic carbocycles. The topological polar surface area (TPSA) is 60.4 Å². The lowest BCUT2D eigenvalue weighted by Gasteiger charge is -2.13. The fraction of sp³-hybridized carbons (Fsp3) is 0.364. The molecule has 4 nitrogen and oxygen atoms in total. The summed E-state index contributed by atoms with van der Waals surface area (Å²) < 4.78 is 63.7. The third-order valence-corrected chi connectivity index (χ3v) is 4.14. The van der Waals surface area contributed by atoms with Crippen molar-refractivity contribution in [1.82, 2.24) is 0 Å². The molecule has 0 unspecified atom stereocenters. The van der Waals surface area contributed by atoms with Gasteiger partial charge in [-0.15, -0.1) is 0 Å². The third-order valence-electron chi connectivity index (χ3n) is 2.32. The predicted molar refractivity (Wildman–Crippen MR) is 70.5 cm³/mol. The molecule has 1 rings (SSSR count). The lowest BCUT2D eigenvalue weighted by Crippen LogP contribution is -2.17. The van der Waals surface area contributed by atoms with Crippen LogP contribution in [0, 0.1) is 0 Å². The third kappa shape index (κ3) is 5.14. The maximum absolute atomic E-state index is 12.0. The average Bonchev–Trinajstić information content (AvgIpc) is 2.27. The first kappa shape index (κ1) is 18.2. The van der Waals surface area contributed by atoms with Crippen LogP contribution in [0.25, 0.3) is 0 Å². The minimum absolute atomic E-state index is 0.212. The number of halogens is 5. The quantitative estimate of drug-likeness (QED) is 0.752. The molecule has 1 aromatic rings. The molecule has 1 aromatic carbocycles. The van der Waals surface area contributed by atoms with Gasteiger partial charge in [0.1, 0.15) is 6.61 Å². The van der Waals surface area contributed by atoms with E-state index in [1.165, 1.54) is 0 Å². The van der Waals surface area contributed by atoms with Gasteiger partial charge in [-0.25, -0.2) is 8.42 Å². The highest BCUT2D eigenvalue weighted by molar-refractivity contribution is 7.90. The van der Waals surface area contributed by atoms with Gasteiger partial charge in [-0.2, -0.15) is 13.2 Å². The number of carbonyl (C=O) groups excluding carboxylic acids is 1. The van der Waals surface area contributed by atoms with Crippen LogP contribution in [0.2, 0.25) is 5.02 Å². The van der Waals surface area contributed by atoms with Crippen molar-refractivity contribution in [3.8, 4) is 0 Å². The molecule has 0 aliphatic rings. The Morgan fingerprint density at radius 2 is 1.90 bits per heavy atom. The summed E-state index contributed by atoms with van der Waals surface area (Å²) in [5.74, 6) is 0. The number of hydrogen-bond acceptors (Lipinski definition) is 4. The minimum atomic E-state index is -4.57. The molecule has 0 saturated heterocycles. The Kier molecular flexibility index (Phi) is 5.65. The fourth-order valence-corrected chi connectivity index (χ4v) is 3.00. The summed E-state index contributed by atoms with van der Waals surface area (Å²) in [4.78, 5) is 10.8. The highest BCUT2D eigenvalue weighted by Gasteiger charge is 2.28. The highest BCUT2D eigenvalue weighted by atomic mass is 35.5. The maximum atomic E-state index is 12.0. The molecule has 0 radical (unpaired) electrons. The number of alkyl halides is 3. The van der Waals surface area contributed by atoms with Crippen LogP contribution in [0.15, 0.2) is 17.0 Å². The Labute approximate surface area is 128 Å². The first-order valence-corrected chi connectivity index (χ1v) is 7.94. The summed E-state index contributed by atoms with van der Waals surface area (Å²) in [6, 6.07) is 2.13. The monoisotopic (exact) mass is 364 g/mol. The van der Waals surface area contributed by atoms with E-state index < -0.39 is 34.5 Å². The van der Waals surface area contributed by atoms with Crippen LogP contribution in [0.5, 0.6) is 0 Å². The first-order chi connectivity index (χ1) is 9.43. The Morgan fingerprint density at radius 1 is 1.33 bits per heavy atom. The predicted octanol–water partition coefficient (Wildman–Crippen LogP) is 3.20. The van der Waals surface area contributed by atoms with Crippen LogP contribution in [0.3, 0.4) is 0 Å². The molecule has 0 spiro atoms. The van der Waals surface area contributed by atoms with Crippen LogP contribution in [-0.2, 0) is 21.2 Å². The van der Waals surface area contributed by atoms with Crippen molar-refractivity contribution in [3.63, 3.8) is 0 Å². The van der Waals surface area contributed by atoms with E-state index in [9.17, 15) is 26.4 Å². The Hall–Kier alpha value is -0.830. The summed E-state index contributed by atoms with van der Waals surface area (Å²) in [6.07, 6.45) is -3.72. The van der Waals surface area contributed by atoms with Crippen molar-refractivity contribution in [3.05, 3.63) is 28.3 Å². The zero-order valence-corrected chi connectivity index (χ0v) is 12.8. The number of benzene rings is 1. The normalized spacial score (nSPS) is 12.5. The van der Waals surface area contributed by atoms with E-state index in [0.717, 1.165) is 18.4 Å². The lowest BCUT2D eigenvalue weighted by molar-refractivity contribution is -0.176. The summed E-state index contributed by atoms with van der Waals surface area (Å²) in [5, 5.41) is -1.31. The van der Waals surface area contributed by atoms with Gasteiger partial charge in [-0.3, -0.25) is 4.79 Å². The van der Waals surface area contributed by atoms with Crippen LogP contribution in [0.1, 0.15) is 15.9 Å². The second-order valence-electron chi connectivity index (χ2n) is 4.06. The molecule has 0 amide bonds. The molecule has 0 saturated carbocycles. The van der Waals surface area contributed by atoms with Gasteiger partial charge >= 0.3 is 6.18 Å². The van der Waals surface area contributed by atoms with E-state index in [4.69, 9.17) is 23.2 Å². The molecule has 0 aliphatic heterocycles. The van der Waals surface area contributed by atoms with Gasteiger partial charge in [0.25, 0.3) is 5.24 Å². The van der Waals surface area contributed by atoms with Crippen LogP contribution >= 0.6 is 23.2 Å². The molecule has 0 N–H and O–H groups in total. The molecule has 0 heterocycles. The summed E-state index contributed by atoms with van der Waals surface area (Å²) in [7, 11) is -3.76. The zero-order chi connectivity index (χ0) is 16.4. The summed E-state index contributed by atoms with van der Waals surface area (Å²) in [6.45, 7) is -2.30. The molecule has 10 heteroatoms. The van der Waals surface area contributed by atoms with Crippen molar-refractivity contribution in [1.29, 1.82) is 0 Å². The second kappa shape index (κ2) is 6.51. The number of rotatable bonds is 5. The van der Waals surface area contributed by atoms with Crippen LogP contribution in [0.4, 0.5) is 13.2 Å². The van der Waals surface area contributed by atoms with Crippen molar-refractivity contribution in [2.75, 3.05) is 12.9 Å². The highest BCUT2D eigenvalue weighted by Crippen LogP contribution is 2.30. The van der Waals surface area contributed by atoms with Crippen LogP contribution in [-0.4, -0.2) is 32.7 Å². The van der Waals surface area contributed by atoms with Crippen molar-refractivity contribution < 1.29 is 31.1 Å².